The predicted molar refractivity (Wildman–Crippen MR) is 232 cm³/mol. The Morgan fingerprint density at radius 1 is 0.938 bits per heavy atom. The summed E-state index contributed by atoms with van der Waals surface area (Å²) in [5, 5.41) is 27.3. The molecular weight excluding hydrogens is 846 g/mol. The number of nitrogens with zero attached hydrogens (tertiary/aromatic N) is 1. The van der Waals surface area contributed by atoms with Crippen molar-refractivity contribution in [2.75, 3.05) is 19.8 Å². The highest BCUT2D eigenvalue weighted by Gasteiger charge is 2.60. The van der Waals surface area contributed by atoms with Gasteiger partial charge in [-0.3, -0.25) is 19.2 Å². The second-order valence-electron chi connectivity index (χ2n) is 16.6. The molecule has 64 heavy (non-hydrogen) atoms. The molecule has 1 spiro atoms. The summed E-state index contributed by atoms with van der Waals surface area (Å²) < 4.78 is 22.8. The lowest BCUT2D eigenvalue weighted by Crippen LogP contribution is -2.62. The number of carbonyl (C=O) groups is 6. The van der Waals surface area contributed by atoms with Crippen LogP contribution in [0.2, 0.25) is 0 Å². The molecule has 4 N–H and O–H groups in total. The van der Waals surface area contributed by atoms with Gasteiger partial charge in [0.1, 0.15) is 25.4 Å². The first kappa shape index (κ1) is 46.1. The highest BCUT2D eigenvalue weighted by Crippen LogP contribution is 2.48. The fraction of sp³-hybridized carbons (Fsp3) is 0.417. The first-order valence-corrected chi connectivity index (χ1v) is 21.9. The summed E-state index contributed by atoms with van der Waals surface area (Å²) in [6.45, 7) is 4.36. The zero-order valence-corrected chi connectivity index (χ0v) is 36.6. The van der Waals surface area contributed by atoms with Crippen LogP contribution >= 0.6 is 11.6 Å². The van der Waals surface area contributed by atoms with Gasteiger partial charge < -0.3 is 44.7 Å². The zero-order chi connectivity index (χ0) is 45.8. The molecule has 0 bridgehead atoms. The molecule has 4 aliphatic rings. The number of halogens is 1. The van der Waals surface area contributed by atoms with Crippen molar-refractivity contribution < 1.29 is 57.9 Å². The lowest BCUT2D eigenvalue weighted by atomic mass is 9.74. The van der Waals surface area contributed by atoms with Gasteiger partial charge >= 0.3 is 18.0 Å². The van der Waals surface area contributed by atoms with E-state index in [0.29, 0.717) is 18.4 Å². The number of ketones is 2. The molecule has 2 heterocycles. The van der Waals surface area contributed by atoms with Gasteiger partial charge in [-0.15, -0.1) is 0 Å². The van der Waals surface area contributed by atoms with Crippen LogP contribution in [0.1, 0.15) is 81.9 Å². The standard InChI is InChI=1S/C48H52ClN3O12/c1-4-14-37(54)64-47(3)41(55)34-25-52(48(22-13-24-63-48)42(56)38(34)39(49)43(47)57)23-12-21-36(44(58)51-40(28(2)53)45(59)61-26-29-15-6-5-7-16-29)50-46(60)62-27-35-32-19-10-8-17-30(32)31-18-9-11-20-33(31)35/h5-11,15-20,25,28,35-36,40,42,53,56H,4,12-14,21-24,26-27H2,1-3H3,(H,50,60)(H,51,58)/t28-,36+,40+,42+,47-,48-/m1/s1. The van der Waals surface area contributed by atoms with Crippen molar-refractivity contribution in [2.24, 2.45) is 0 Å². The number of benzene rings is 3. The van der Waals surface area contributed by atoms with E-state index in [1.165, 1.54) is 20.0 Å². The van der Waals surface area contributed by atoms with E-state index < -0.39 is 76.2 Å². The summed E-state index contributed by atoms with van der Waals surface area (Å²) in [6.07, 6.45) is -1.23. The molecule has 0 radical (unpaired) electrons. The monoisotopic (exact) mass is 897 g/mol. The maximum Gasteiger partial charge on any atom is 0.407 e. The molecular formula is C48H52ClN3O12. The number of aliphatic hydroxyl groups is 2. The summed E-state index contributed by atoms with van der Waals surface area (Å²) in [4.78, 5) is 82.9. The number of hydrogen-bond donors (Lipinski definition) is 4. The summed E-state index contributed by atoms with van der Waals surface area (Å²) >= 11 is 6.60. The number of fused-ring (bicyclic) bond motifs is 4. The number of nitrogens with one attached hydrogen (secondary N) is 2. The number of Topliss-reactive ketones (excluding diaryl/α,β-unsaturated/α-hetero) is 2. The second-order valence-corrected chi connectivity index (χ2v) is 16.9. The lowest BCUT2D eigenvalue weighted by molar-refractivity contribution is -0.174. The predicted octanol–water partition coefficient (Wildman–Crippen LogP) is 5.10. The van der Waals surface area contributed by atoms with E-state index >= 15 is 0 Å². The molecule has 15 nitrogen and oxygen atoms in total. The Morgan fingerprint density at radius 3 is 2.22 bits per heavy atom. The molecule has 16 heteroatoms. The van der Waals surface area contributed by atoms with E-state index in [1.54, 1.807) is 36.1 Å². The average Bonchev–Trinajstić information content (AvgIpc) is 3.91. The van der Waals surface area contributed by atoms with Crippen LogP contribution in [0.15, 0.2) is 101 Å². The highest BCUT2D eigenvalue weighted by atomic mass is 35.5. The normalized spacial score (nSPS) is 22.8. The second kappa shape index (κ2) is 19.5. The maximum atomic E-state index is 14.1. The minimum absolute atomic E-state index is 0.0358. The molecule has 0 saturated carbocycles. The van der Waals surface area contributed by atoms with E-state index in [1.807, 2.05) is 54.6 Å². The number of ether oxygens (including phenoxy) is 4. The third-order valence-electron chi connectivity index (χ3n) is 12.2. The molecule has 1 fully saturated rings. The highest BCUT2D eigenvalue weighted by molar-refractivity contribution is 6.49. The van der Waals surface area contributed by atoms with Crippen molar-refractivity contribution in [1.29, 1.82) is 0 Å². The fourth-order valence-electron chi connectivity index (χ4n) is 8.86. The summed E-state index contributed by atoms with van der Waals surface area (Å²) in [5.41, 5.74) is 0.734. The van der Waals surface area contributed by atoms with Gasteiger partial charge in [0.25, 0.3) is 0 Å². The van der Waals surface area contributed by atoms with Gasteiger partial charge in [0, 0.05) is 49.3 Å². The molecule has 338 valence electrons. The number of esters is 2. The molecule has 3 aromatic rings. The average molecular weight is 898 g/mol. The van der Waals surface area contributed by atoms with Crippen molar-refractivity contribution in [3.63, 3.8) is 0 Å². The quantitative estimate of drug-likeness (QED) is 0.0841. The molecule has 7 rings (SSSR count). The van der Waals surface area contributed by atoms with Crippen molar-refractivity contribution in [2.45, 2.75) is 107 Å². The van der Waals surface area contributed by atoms with Crippen LogP contribution in [0.3, 0.4) is 0 Å². The number of alkyl carbamates (subject to hydrolysis) is 1. The van der Waals surface area contributed by atoms with Crippen molar-refractivity contribution in [1.82, 2.24) is 15.5 Å². The topological polar surface area (TPSA) is 207 Å². The van der Waals surface area contributed by atoms with Crippen LogP contribution in [0, 0.1) is 0 Å². The van der Waals surface area contributed by atoms with Crippen LogP contribution in [0.25, 0.3) is 11.1 Å². The molecule has 2 amide bonds. The van der Waals surface area contributed by atoms with E-state index in [2.05, 4.69) is 10.6 Å². The van der Waals surface area contributed by atoms with Gasteiger partial charge in [0.2, 0.25) is 23.1 Å². The summed E-state index contributed by atoms with van der Waals surface area (Å²) in [6, 6.07) is 21.7. The van der Waals surface area contributed by atoms with Crippen molar-refractivity contribution in [3.8, 4) is 11.1 Å². The SMILES string of the molecule is CCCC(=O)O[C@]1(C)C(=O)C2=CN(CCC[C@H](NC(=O)OCC3c4ccccc4-c4ccccc43)C(=O)N[C@H](C(=O)OCc3ccccc3)[C@@H](C)O)[C@@]3(CCCO3)[C@@H](O)C2=C(Cl)C1=O. The number of carbonyl (C=O) groups excluding carboxylic acids is 6. The van der Waals surface area contributed by atoms with E-state index in [4.69, 9.17) is 30.5 Å². The van der Waals surface area contributed by atoms with Crippen LogP contribution in [-0.2, 0) is 49.5 Å². The molecule has 0 unspecified atom stereocenters. The largest absolute Gasteiger partial charge is 0.459 e. The molecule has 3 aromatic carbocycles. The first-order chi connectivity index (χ1) is 30.7. The van der Waals surface area contributed by atoms with Gasteiger partial charge in [-0.25, -0.2) is 9.59 Å². The van der Waals surface area contributed by atoms with E-state index in [0.717, 1.165) is 22.3 Å². The number of amides is 2. The first-order valence-electron chi connectivity index (χ1n) is 21.5. The van der Waals surface area contributed by atoms with Crippen LogP contribution < -0.4 is 10.6 Å². The summed E-state index contributed by atoms with van der Waals surface area (Å²) in [7, 11) is 0. The Bertz CT molecular complexity index is 2310. The van der Waals surface area contributed by atoms with Gasteiger partial charge in [-0.1, -0.05) is 97.4 Å². The molecule has 6 atom stereocenters. The minimum atomic E-state index is -2.27. The molecule has 0 aromatic heterocycles. The number of hydrogen-bond acceptors (Lipinski definition) is 13. The molecule has 2 aliphatic heterocycles. The van der Waals surface area contributed by atoms with E-state index in [-0.39, 0.29) is 69.1 Å². The Hall–Kier alpha value is -5.87. The van der Waals surface area contributed by atoms with Crippen LogP contribution in [0.5, 0.6) is 0 Å². The Kier molecular flexibility index (Phi) is 14.0. The number of rotatable bonds is 16. The van der Waals surface area contributed by atoms with Crippen LogP contribution in [-0.4, -0.2) is 106 Å². The van der Waals surface area contributed by atoms with Gasteiger partial charge in [0.15, 0.2) is 11.8 Å². The third kappa shape index (κ3) is 9.07. The molecule has 1 saturated heterocycles. The Morgan fingerprint density at radius 2 is 1.59 bits per heavy atom. The zero-order valence-electron chi connectivity index (χ0n) is 35.8. The maximum absolute atomic E-state index is 14.1. The fourth-order valence-corrected chi connectivity index (χ4v) is 9.24. The van der Waals surface area contributed by atoms with Crippen molar-refractivity contribution >= 4 is 47.1 Å². The van der Waals surface area contributed by atoms with Crippen molar-refractivity contribution in [3.05, 3.63) is 118 Å². The summed E-state index contributed by atoms with van der Waals surface area (Å²) in [5.74, 6) is -4.57. The third-order valence-corrected chi connectivity index (χ3v) is 12.6. The molecule has 2 aliphatic carbocycles. The Balaban J connectivity index is 1.11. The van der Waals surface area contributed by atoms with Gasteiger partial charge in [0.05, 0.1) is 11.1 Å². The smallest absolute Gasteiger partial charge is 0.407 e. The minimum Gasteiger partial charge on any atom is -0.459 e. The van der Waals surface area contributed by atoms with Gasteiger partial charge in [-0.2, -0.15) is 0 Å². The van der Waals surface area contributed by atoms with Crippen LogP contribution in [0.4, 0.5) is 4.79 Å². The lowest BCUT2D eigenvalue weighted by Gasteiger charge is -2.49. The Labute approximate surface area is 375 Å². The van der Waals surface area contributed by atoms with E-state index in [9.17, 15) is 39.0 Å². The van der Waals surface area contributed by atoms with Gasteiger partial charge in [-0.05, 0) is 67.3 Å². The number of aliphatic hydroxyl groups excluding tert-OH is 2.